The van der Waals surface area contributed by atoms with Crippen LogP contribution in [-0.4, -0.2) is 9.97 Å². The van der Waals surface area contributed by atoms with Crippen molar-refractivity contribution in [3.8, 4) is 0 Å². The lowest BCUT2D eigenvalue weighted by Gasteiger charge is -2.17. The summed E-state index contributed by atoms with van der Waals surface area (Å²) < 4.78 is 1.04. The van der Waals surface area contributed by atoms with Gasteiger partial charge >= 0.3 is 0 Å². The number of halogens is 1. The number of aromatic amines is 1. The Morgan fingerprint density at radius 2 is 2.00 bits per heavy atom. The van der Waals surface area contributed by atoms with Gasteiger partial charge in [-0.15, -0.1) is 0 Å². The molecular weight excluding hydrogens is 315 g/mol. The van der Waals surface area contributed by atoms with E-state index >= 15 is 0 Å². The zero-order valence-corrected chi connectivity index (χ0v) is 11.6. The Bertz CT molecular complexity index is 596. The van der Waals surface area contributed by atoms with Crippen molar-refractivity contribution >= 4 is 33.5 Å². The number of hydrogen-bond donors (Lipinski definition) is 1. The van der Waals surface area contributed by atoms with Crippen LogP contribution < -0.4 is 5.56 Å². The first-order valence-corrected chi connectivity index (χ1v) is 6.16. The Kier molecular flexibility index (Phi) is 2.77. The van der Waals surface area contributed by atoms with Crippen molar-refractivity contribution in [1.82, 2.24) is 9.97 Å². The fourth-order valence-corrected chi connectivity index (χ4v) is 1.96. The van der Waals surface area contributed by atoms with E-state index in [4.69, 9.17) is 0 Å². The van der Waals surface area contributed by atoms with Crippen LogP contribution in [-0.2, 0) is 5.41 Å². The molecule has 2 aromatic rings. The molecule has 0 amide bonds. The van der Waals surface area contributed by atoms with Gasteiger partial charge in [0.15, 0.2) is 0 Å². The average Bonchev–Trinajstić information content (AvgIpc) is 2.17. The Balaban J connectivity index is 2.79. The SMILES string of the molecule is CC(C)(C)c1nc2ccc(I)cc2c(=O)[nH]1. The lowest BCUT2D eigenvalue weighted by molar-refractivity contribution is 0.546. The molecule has 0 saturated carbocycles. The standard InChI is InChI=1S/C12H13IN2O/c1-12(2,3)11-14-9-5-4-7(13)6-8(9)10(16)15-11/h4-6H,1-3H3,(H,14,15,16). The van der Waals surface area contributed by atoms with Crippen LogP contribution in [0.15, 0.2) is 23.0 Å². The van der Waals surface area contributed by atoms with Crippen molar-refractivity contribution in [3.63, 3.8) is 0 Å². The van der Waals surface area contributed by atoms with Crippen LogP contribution >= 0.6 is 22.6 Å². The Hall–Kier alpha value is -0.910. The second-order valence-corrected chi connectivity index (χ2v) is 6.07. The fraction of sp³-hybridized carbons (Fsp3) is 0.333. The molecule has 1 aromatic carbocycles. The molecule has 0 aliphatic heterocycles. The highest BCUT2D eigenvalue weighted by Gasteiger charge is 2.17. The van der Waals surface area contributed by atoms with Crippen molar-refractivity contribution in [2.75, 3.05) is 0 Å². The number of H-pyrrole nitrogens is 1. The number of rotatable bonds is 0. The monoisotopic (exact) mass is 328 g/mol. The summed E-state index contributed by atoms with van der Waals surface area (Å²) >= 11 is 2.19. The first-order chi connectivity index (χ1) is 7.38. The van der Waals surface area contributed by atoms with Crippen molar-refractivity contribution in [1.29, 1.82) is 0 Å². The van der Waals surface area contributed by atoms with Gasteiger partial charge in [0, 0.05) is 8.99 Å². The molecule has 0 spiro atoms. The molecule has 0 bridgehead atoms. The minimum absolute atomic E-state index is 0.0616. The molecule has 0 radical (unpaired) electrons. The molecule has 2 rings (SSSR count). The molecule has 3 nitrogen and oxygen atoms in total. The smallest absolute Gasteiger partial charge is 0.258 e. The van der Waals surface area contributed by atoms with E-state index in [-0.39, 0.29) is 11.0 Å². The predicted octanol–water partition coefficient (Wildman–Crippen LogP) is 2.83. The van der Waals surface area contributed by atoms with Crippen molar-refractivity contribution < 1.29 is 0 Å². The highest BCUT2D eigenvalue weighted by Crippen LogP contribution is 2.19. The molecule has 1 heterocycles. The third kappa shape index (κ3) is 2.11. The summed E-state index contributed by atoms with van der Waals surface area (Å²) in [5.74, 6) is 0.728. The minimum atomic E-state index is -0.143. The van der Waals surface area contributed by atoms with Crippen molar-refractivity contribution in [2.24, 2.45) is 0 Å². The summed E-state index contributed by atoms with van der Waals surface area (Å²) in [4.78, 5) is 19.2. The van der Waals surface area contributed by atoms with E-state index in [2.05, 4.69) is 32.6 Å². The van der Waals surface area contributed by atoms with Gasteiger partial charge in [0.2, 0.25) is 0 Å². The van der Waals surface area contributed by atoms with Crippen LogP contribution in [0.1, 0.15) is 26.6 Å². The number of hydrogen-bond acceptors (Lipinski definition) is 2. The lowest BCUT2D eigenvalue weighted by Crippen LogP contribution is -2.22. The van der Waals surface area contributed by atoms with Gasteiger partial charge in [0.05, 0.1) is 10.9 Å². The normalized spacial score (nSPS) is 12.0. The van der Waals surface area contributed by atoms with Crippen LogP contribution in [0, 0.1) is 3.57 Å². The summed E-state index contributed by atoms with van der Waals surface area (Å²) in [5, 5.41) is 0.653. The van der Waals surface area contributed by atoms with Gasteiger partial charge in [-0.2, -0.15) is 0 Å². The van der Waals surface area contributed by atoms with E-state index in [0.717, 1.165) is 14.9 Å². The van der Waals surface area contributed by atoms with Gasteiger partial charge in [-0.05, 0) is 40.8 Å². The summed E-state index contributed by atoms with van der Waals surface area (Å²) in [6.45, 7) is 6.09. The number of nitrogens with one attached hydrogen (secondary N) is 1. The van der Waals surface area contributed by atoms with Crippen LogP contribution in [0.5, 0.6) is 0 Å². The highest BCUT2D eigenvalue weighted by atomic mass is 127. The molecule has 0 fully saturated rings. The van der Waals surface area contributed by atoms with E-state index in [1.165, 1.54) is 0 Å². The second-order valence-electron chi connectivity index (χ2n) is 4.83. The minimum Gasteiger partial charge on any atom is -0.310 e. The van der Waals surface area contributed by atoms with E-state index < -0.39 is 0 Å². The number of fused-ring (bicyclic) bond motifs is 1. The predicted molar refractivity (Wildman–Crippen MR) is 73.8 cm³/mol. The number of aromatic nitrogens is 2. The Labute approximate surface area is 107 Å². The molecule has 0 atom stereocenters. The van der Waals surface area contributed by atoms with Gasteiger partial charge in [-0.1, -0.05) is 20.8 Å². The maximum Gasteiger partial charge on any atom is 0.258 e. The molecule has 0 saturated heterocycles. The van der Waals surface area contributed by atoms with Gasteiger partial charge in [-0.3, -0.25) is 4.79 Å². The maximum absolute atomic E-state index is 11.9. The Morgan fingerprint density at radius 3 is 2.62 bits per heavy atom. The third-order valence-corrected chi connectivity index (χ3v) is 3.05. The van der Waals surface area contributed by atoms with Crippen molar-refractivity contribution in [3.05, 3.63) is 37.9 Å². The first kappa shape index (κ1) is 11.6. The molecule has 1 N–H and O–H groups in total. The van der Waals surface area contributed by atoms with E-state index in [9.17, 15) is 4.79 Å². The molecular formula is C12H13IN2O. The highest BCUT2D eigenvalue weighted by molar-refractivity contribution is 14.1. The lowest BCUT2D eigenvalue weighted by atomic mass is 9.95. The average molecular weight is 328 g/mol. The van der Waals surface area contributed by atoms with Gasteiger partial charge in [0.25, 0.3) is 5.56 Å². The van der Waals surface area contributed by atoms with Gasteiger partial charge in [0.1, 0.15) is 5.82 Å². The largest absolute Gasteiger partial charge is 0.310 e. The van der Waals surface area contributed by atoms with Crippen LogP contribution in [0.2, 0.25) is 0 Å². The molecule has 0 unspecified atom stereocenters. The summed E-state index contributed by atoms with van der Waals surface area (Å²) in [6, 6.07) is 5.71. The van der Waals surface area contributed by atoms with Crippen LogP contribution in [0.25, 0.3) is 10.9 Å². The van der Waals surface area contributed by atoms with Crippen molar-refractivity contribution in [2.45, 2.75) is 26.2 Å². The molecule has 1 aromatic heterocycles. The topological polar surface area (TPSA) is 45.8 Å². The first-order valence-electron chi connectivity index (χ1n) is 5.08. The third-order valence-electron chi connectivity index (χ3n) is 2.38. The zero-order chi connectivity index (χ0) is 11.9. The summed E-state index contributed by atoms with van der Waals surface area (Å²) in [7, 11) is 0. The van der Waals surface area contributed by atoms with Gasteiger partial charge < -0.3 is 4.98 Å². The van der Waals surface area contributed by atoms with Gasteiger partial charge in [-0.25, -0.2) is 4.98 Å². The number of nitrogens with zero attached hydrogens (tertiary/aromatic N) is 1. The molecule has 84 valence electrons. The molecule has 0 aliphatic rings. The van der Waals surface area contributed by atoms with Crippen LogP contribution in [0.4, 0.5) is 0 Å². The zero-order valence-electron chi connectivity index (χ0n) is 9.47. The summed E-state index contributed by atoms with van der Waals surface area (Å²) in [5.41, 5.74) is 0.554. The fourth-order valence-electron chi connectivity index (χ4n) is 1.47. The molecule has 0 aliphatic carbocycles. The van der Waals surface area contributed by atoms with Crippen LogP contribution in [0.3, 0.4) is 0 Å². The van der Waals surface area contributed by atoms with E-state index in [1.807, 2.05) is 39.0 Å². The molecule has 4 heteroatoms. The maximum atomic E-state index is 11.9. The Morgan fingerprint density at radius 1 is 1.31 bits per heavy atom. The van der Waals surface area contributed by atoms with E-state index in [0.29, 0.717) is 5.39 Å². The number of benzene rings is 1. The molecule has 16 heavy (non-hydrogen) atoms. The van der Waals surface area contributed by atoms with E-state index in [1.54, 1.807) is 0 Å². The summed E-state index contributed by atoms with van der Waals surface area (Å²) in [6.07, 6.45) is 0. The second kappa shape index (κ2) is 3.84. The quantitative estimate of drug-likeness (QED) is 0.756.